The van der Waals surface area contributed by atoms with E-state index in [1.165, 1.54) is 11.3 Å². The summed E-state index contributed by atoms with van der Waals surface area (Å²) in [6.07, 6.45) is 1.57. The molecule has 3 nitrogen and oxygen atoms in total. The fraction of sp³-hybridized carbons (Fsp3) is 0. The molecule has 1 heterocycles. The number of hydrogen-bond acceptors (Lipinski definition) is 3. The number of halogens is 2. The zero-order valence-electron chi connectivity index (χ0n) is 7.91. The number of amides is 1. The van der Waals surface area contributed by atoms with Crippen LogP contribution in [0.3, 0.4) is 0 Å². The normalized spacial score (nSPS) is 10.1. The zero-order valence-corrected chi connectivity index (χ0v) is 10.2. The number of anilines is 1. The molecule has 1 aromatic carbocycles. The summed E-state index contributed by atoms with van der Waals surface area (Å²) in [7, 11) is 0. The molecule has 2 rings (SSSR count). The number of benzene rings is 1. The average molecular weight is 273 g/mol. The second-order valence-corrected chi connectivity index (χ2v) is 4.57. The van der Waals surface area contributed by atoms with Crippen molar-refractivity contribution in [2.75, 3.05) is 5.32 Å². The van der Waals surface area contributed by atoms with Gasteiger partial charge < -0.3 is 5.32 Å². The Balaban J connectivity index is 2.22. The Hall–Kier alpha value is -1.10. The molecule has 1 aromatic heterocycles. The molecule has 0 spiro atoms. The summed E-state index contributed by atoms with van der Waals surface area (Å²) in [6, 6.07) is 5.05. The molecule has 0 aliphatic heterocycles. The van der Waals surface area contributed by atoms with Gasteiger partial charge in [-0.15, -0.1) is 11.3 Å². The molecule has 0 saturated heterocycles. The fourth-order valence-electron chi connectivity index (χ4n) is 1.11. The Morgan fingerprint density at radius 3 is 2.88 bits per heavy atom. The largest absolute Gasteiger partial charge is 0.319 e. The Morgan fingerprint density at radius 2 is 2.19 bits per heavy atom. The molecule has 0 aliphatic carbocycles. The van der Waals surface area contributed by atoms with Gasteiger partial charge in [-0.1, -0.05) is 29.3 Å². The number of aromatic nitrogens is 1. The van der Waals surface area contributed by atoms with Crippen molar-refractivity contribution in [2.45, 2.75) is 0 Å². The van der Waals surface area contributed by atoms with Crippen molar-refractivity contribution in [3.8, 4) is 0 Å². The van der Waals surface area contributed by atoms with E-state index in [4.69, 9.17) is 23.2 Å². The van der Waals surface area contributed by atoms with Crippen LogP contribution in [0.5, 0.6) is 0 Å². The van der Waals surface area contributed by atoms with Gasteiger partial charge in [-0.2, -0.15) is 0 Å². The minimum atomic E-state index is -0.292. The number of hydrogen-bond donors (Lipinski definition) is 1. The van der Waals surface area contributed by atoms with Gasteiger partial charge >= 0.3 is 0 Å². The molecule has 0 bridgehead atoms. The van der Waals surface area contributed by atoms with Crippen molar-refractivity contribution >= 4 is 46.1 Å². The van der Waals surface area contributed by atoms with Crippen molar-refractivity contribution in [3.63, 3.8) is 0 Å². The van der Waals surface area contributed by atoms with Crippen LogP contribution in [-0.2, 0) is 0 Å². The van der Waals surface area contributed by atoms with Crippen LogP contribution in [0, 0.1) is 0 Å². The van der Waals surface area contributed by atoms with Gasteiger partial charge in [0.1, 0.15) is 0 Å². The summed E-state index contributed by atoms with van der Waals surface area (Å²) in [5.41, 5.74) is 0.481. The summed E-state index contributed by atoms with van der Waals surface area (Å²) in [4.78, 5) is 15.6. The minimum Gasteiger partial charge on any atom is -0.319 e. The quantitative estimate of drug-likeness (QED) is 0.906. The van der Waals surface area contributed by atoms with E-state index in [1.54, 1.807) is 29.8 Å². The van der Waals surface area contributed by atoms with Crippen LogP contribution in [0.4, 0.5) is 5.69 Å². The Bertz CT molecular complexity index is 514. The third kappa shape index (κ3) is 2.35. The number of rotatable bonds is 2. The number of carbonyl (C=O) groups is 1. The minimum absolute atomic E-state index is 0.292. The lowest BCUT2D eigenvalue weighted by Crippen LogP contribution is -2.11. The number of thiazole rings is 1. The second-order valence-electron chi connectivity index (χ2n) is 2.89. The van der Waals surface area contributed by atoms with Crippen molar-refractivity contribution in [2.24, 2.45) is 0 Å². The van der Waals surface area contributed by atoms with Crippen LogP contribution < -0.4 is 5.32 Å². The Kier molecular flexibility index (Phi) is 3.43. The van der Waals surface area contributed by atoms with Gasteiger partial charge in [-0.25, -0.2) is 4.98 Å². The van der Waals surface area contributed by atoms with Gasteiger partial charge in [0.15, 0.2) is 5.01 Å². The maximum atomic E-state index is 11.7. The van der Waals surface area contributed by atoms with Crippen LogP contribution in [0.25, 0.3) is 0 Å². The summed E-state index contributed by atoms with van der Waals surface area (Å²) < 4.78 is 0. The van der Waals surface area contributed by atoms with Crippen LogP contribution in [0.2, 0.25) is 10.0 Å². The second kappa shape index (κ2) is 4.82. The highest BCUT2D eigenvalue weighted by Gasteiger charge is 2.11. The van der Waals surface area contributed by atoms with E-state index in [0.29, 0.717) is 20.7 Å². The van der Waals surface area contributed by atoms with Crippen LogP contribution in [-0.4, -0.2) is 10.9 Å². The molecule has 1 N–H and O–H groups in total. The monoisotopic (exact) mass is 272 g/mol. The first-order chi connectivity index (χ1) is 7.68. The lowest BCUT2D eigenvalue weighted by Gasteiger charge is -2.06. The van der Waals surface area contributed by atoms with E-state index < -0.39 is 0 Å². The zero-order chi connectivity index (χ0) is 11.5. The molecule has 2 aromatic rings. The van der Waals surface area contributed by atoms with Gasteiger partial charge in [0.25, 0.3) is 5.91 Å². The first-order valence-electron chi connectivity index (χ1n) is 4.33. The summed E-state index contributed by atoms with van der Waals surface area (Å²) >= 11 is 13.0. The van der Waals surface area contributed by atoms with E-state index in [-0.39, 0.29) is 5.91 Å². The van der Waals surface area contributed by atoms with Gasteiger partial charge in [0.05, 0.1) is 15.7 Å². The van der Waals surface area contributed by atoms with Gasteiger partial charge in [0, 0.05) is 11.6 Å². The molecule has 0 radical (unpaired) electrons. The lowest BCUT2D eigenvalue weighted by molar-refractivity contribution is 0.102. The Labute approximate surface area is 106 Å². The molecular weight excluding hydrogens is 267 g/mol. The Morgan fingerprint density at radius 1 is 1.38 bits per heavy atom. The molecule has 82 valence electrons. The highest BCUT2D eigenvalue weighted by atomic mass is 35.5. The summed E-state index contributed by atoms with van der Waals surface area (Å²) in [6.45, 7) is 0. The standard InChI is InChI=1S/C10H6Cl2N2OS/c11-6-2-1-3-7(8(6)12)14-9(15)10-13-4-5-16-10/h1-5H,(H,14,15). The van der Waals surface area contributed by atoms with Crippen molar-refractivity contribution in [3.05, 3.63) is 44.8 Å². The SMILES string of the molecule is O=C(Nc1cccc(Cl)c1Cl)c1nccs1. The lowest BCUT2D eigenvalue weighted by atomic mass is 10.3. The van der Waals surface area contributed by atoms with E-state index in [0.717, 1.165) is 0 Å². The van der Waals surface area contributed by atoms with Crippen LogP contribution in [0.1, 0.15) is 9.80 Å². The van der Waals surface area contributed by atoms with Gasteiger partial charge in [0.2, 0.25) is 0 Å². The predicted molar refractivity (Wildman–Crippen MR) is 66.5 cm³/mol. The first-order valence-corrected chi connectivity index (χ1v) is 5.97. The smallest absolute Gasteiger partial charge is 0.284 e. The van der Waals surface area contributed by atoms with Crippen molar-refractivity contribution in [1.82, 2.24) is 4.98 Å². The summed E-state index contributed by atoms with van der Waals surface area (Å²) in [5, 5.41) is 5.49. The maximum absolute atomic E-state index is 11.7. The van der Waals surface area contributed by atoms with Crippen molar-refractivity contribution < 1.29 is 4.79 Å². The van der Waals surface area contributed by atoms with E-state index in [2.05, 4.69) is 10.3 Å². The van der Waals surface area contributed by atoms with E-state index in [9.17, 15) is 4.79 Å². The first kappa shape index (κ1) is 11.4. The van der Waals surface area contributed by atoms with Crippen LogP contribution >= 0.6 is 34.5 Å². The number of carbonyl (C=O) groups excluding carboxylic acids is 1. The highest BCUT2D eigenvalue weighted by molar-refractivity contribution is 7.11. The molecule has 0 unspecified atom stereocenters. The fourth-order valence-corrected chi connectivity index (χ4v) is 1.99. The number of nitrogens with zero attached hydrogens (tertiary/aromatic N) is 1. The summed E-state index contributed by atoms with van der Waals surface area (Å²) in [5.74, 6) is -0.292. The topological polar surface area (TPSA) is 42.0 Å². The van der Waals surface area contributed by atoms with E-state index >= 15 is 0 Å². The average Bonchev–Trinajstić information content (AvgIpc) is 2.78. The molecule has 0 atom stereocenters. The molecule has 0 saturated carbocycles. The third-order valence-corrected chi connectivity index (χ3v) is 3.42. The molecule has 0 fully saturated rings. The maximum Gasteiger partial charge on any atom is 0.284 e. The molecular formula is C10H6Cl2N2OS. The molecule has 6 heteroatoms. The molecule has 1 amide bonds. The third-order valence-electron chi connectivity index (χ3n) is 1.83. The van der Waals surface area contributed by atoms with Gasteiger partial charge in [-0.05, 0) is 12.1 Å². The number of nitrogens with one attached hydrogen (secondary N) is 1. The highest BCUT2D eigenvalue weighted by Crippen LogP contribution is 2.29. The predicted octanol–water partition coefficient (Wildman–Crippen LogP) is 3.70. The van der Waals surface area contributed by atoms with Crippen molar-refractivity contribution in [1.29, 1.82) is 0 Å². The molecule has 0 aliphatic rings. The van der Waals surface area contributed by atoms with Crippen LogP contribution in [0.15, 0.2) is 29.8 Å². The van der Waals surface area contributed by atoms with Gasteiger partial charge in [-0.3, -0.25) is 4.79 Å². The van der Waals surface area contributed by atoms with E-state index in [1.807, 2.05) is 0 Å². The molecule has 16 heavy (non-hydrogen) atoms.